The van der Waals surface area contributed by atoms with E-state index in [0.717, 1.165) is 0 Å². The minimum Gasteiger partial charge on any atom is -0.463 e. The van der Waals surface area contributed by atoms with Crippen LogP contribution in [0.1, 0.15) is 27.7 Å². The fourth-order valence-corrected chi connectivity index (χ4v) is 3.61. The summed E-state index contributed by atoms with van der Waals surface area (Å²) >= 11 is 5.34. The SMILES string of the molecule is CC(=O)OC[C@H]1O[C@@H]2[C@H](OC(C)=O)[C@H]([C@@H]1OC(C)=O)N(C(C)=O)C(=S)N2C. The van der Waals surface area contributed by atoms with Gasteiger partial charge in [-0.05, 0) is 12.2 Å². The lowest BCUT2D eigenvalue weighted by Crippen LogP contribution is -2.76. The van der Waals surface area contributed by atoms with Crippen molar-refractivity contribution in [2.75, 3.05) is 13.7 Å². The molecule has 11 heteroatoms. The Labute approximate surface area is 161 Å². The van der Waals surface area contributed by atoms with Crippen LogP contribution in [0.2, 0.25) is 0 Å². The Kier molecular flexibility index (Phi) is 6.37. The molecule has 0 aromatic heterocycles. The summed E-state index contributed by atoms with van der Waals surface area (Å²) < 4.78 is 21.7. The first kappa shape index (κ1) is 21.0. The van der Waals surface area contributed by atoms with Crippen LogP contribution in [-0.2, 0) is 38.1 Å². The number of carbonyl (C=O) groups is 4. The quantitative estimate of drug-likeness (QED) is 0.349. The maximum atomic E-state index is 12.3. The van der Waals surface area contributed by atoms with E-state index in [-0.39, 0.29) is 11.7 Å². The number of likely N-dealkylation sites (N-methyl/N-ethyl adjacent to an activating group) is 1. The average Bonchev–Trinajstić information content (AvgIpc) is 2.53. The third-order valence-electron chi connectivity index (χ3n) is 4.22. The molecule has 0 aliphatic carbocycles. The Morgan fingerprint density at radius 2 is 1.56 bits per heavy atom. The fraction of sp³-hybridized carbons (Fsp3) is 0.688. The van der Waals surface area contributed by atoms with Crippen molar-refractivity contribution in [1.82, 2.24) is 9.80 Å². The minimum absolute atomic E-state index is 0.143. The largest absolute Gasteiger partial charge is 0.463 e. The lowest BCUT2D eigenvalue weighted by Gasteiger charge is -2.55. The van der Waals surface area contributed by atoms with Crippen LogP contribution >= 0.6 is 12.2 Å². The summed E-state index contributed by atoms with van der Waals surface area (Å²) in [4.78, 5) is 49.5. The van der Waals surface area contributed by atoms with Crippen LogP contribution in [-0.4, -0.2) is 83.0 Å². The molecule has 1 amide bonds. The van der Waals surface area contributed by atoms with Crippen molar-refractivity contribution < 1.29 is 38.1 Å². The molecular formula is C16H22N2O8S. The molecule has 27 heavy (non-hydrogen) atoms. The first-order valence-corrected chi connectivity index (χ1v) is 8.65. The Bertz CT molecular complexity index is 669. The third kappa shape index (κ3) is 4.35. The van der Waals surface area contributed by atoms with Gasteiger partial charge in [-0.2, -0.15) is 0 Å². The van der Waals surface area contributed by atoms with Crippen molar-refractivity contribution in [2.45, 2.75) is 58.3 Å². The van der Waals surface area contributed by atoms with Gasteiger partial charge in [0.25, 0.3) is 0 Å². The number of ether oxygens (including phenoxy) is 4. The second kappa shape index (κ2) is 8.17. The van der Waals surface area contributed by atoms with Crippen LogP contribution in [0, 0.1) is 0 Å². The number of nitrogens with zero attached hydrogens (tertiary/aromatic N) is 2. The number of hydrogen-bond donors (Lipinski definition) is 0. The summed E-state index contributed by atoms with van der Waals surface area (Å²) in [6, 6.07) is -0.918. The van der Waals surface area contributed by atoms with Gasteiger partial charge < -0.3 is 23.8 Å². The van der Waals surface area contributed by atoms with E-state index >= 15 is 0 Å². The molecule has 0 spiro atoms. The van der Waals surface area contributed by atoms with Crippen LogP contribution in [0.25, 0.3) is 0 Å². The minimum atomic E-state index is -1.06. The van der Waals surface area contributed by atoms with Crippen molar-refractivity contribution in [3.8, 4) is 0 Å². The zero-order valence-electron chi connectivity index (χ0n) is 15.7. The molecule has 5 atom stereocenters. The highest BCUT2D eigenvalue weighted by atomic mass is 32.1. The molecule has 0 N–H and O–H groups in total. The van der Waals surface area contributed by atoms with Crippen molar-refractivity contribution in [2.24, 2.45) is 0 Å². The van der Waals surface area contributed by atoms with Gasteiger partial charge in [0.2, 0.25) is 5.91 Å². The Morgan fingerprint density at radius 1 is 1.00 bits per heavy atom. The van der Waals surface area contributed by atoms with E-state index < -0.39 is 54.4 Å². The molecular weight excluding hydrogens is 380 g/mol. The van der Waals surface area contributed by atoms with E-state index in [1.54, 1.807) is 7.05 Å². The Hall–Kier alpha value is -2.27. The fourth-order valence-electron chi connectivity index (χ4n) is 3.26. The molecule has 10 nitrogen and oxygen atoms in total. The molecule has 0 aromatic rings. The molecule has 0 aromatic carbocycles. The molecule has 0 radical (unpaired) electrons. The summed E-state index contributed by atoms with van der Waals surface area (Å²) in [6.45, 7) is 4.74. The molecule has 2 aliphatic rings. The number of carbonyl (C=O) groups excluding carboxylic acids is 4. The molecule has 150 valence electrons. The van der Waals surface area contributed by atoms with Gasteiger partial charge in [0, 0.05) is 34.7 Å². The van der Waals surface area contributed by atoms with Crippen LogP contribution < -0.4 is 0 Å². The van der Waals surface area contributed by atoms with Crippen LogP contribution in [0.15, 0.2) is 0 Å². The molecule has 2 aliphatic heterocycles. The molecule has 0 saturated carbocycles. The number of esters is 3. The van der Waals surface area contributed by atoms with Crippen LogP contribution in [0.4, 0.5) is 0 Å². The zero-order valence-corrected chi connectivity index (χ0v) is 16.5. The zero-order chi connectivity index (χ0) is 20.5. The van der Waals surface area contributed by atoms with Gasteiger partial charge in [0.15, 0.2) is 23.5 Å². The average molecular weight is 402 g/mol. The first-order chi connectivity index (χ1) is 12.5. The lowest BCUT2D eigenvalue weighted by atomic mass is 9.91. The number of amides is 1. The van der Waals surface area contributed by atoms with E-state index in [1.807, 2.05) is 0 Å². The highest BCUT2D eigenvalue weighted by molar-refractivity contribution is 7.80. The highest BCUT2D eigenvalue weighted by Gasteiger charge is 2.59. The molecule has 2 saturated heterocycles. The monoisotopic (exact) mass is 402 g/mol. The van der Waals surface area contributed by atoms with E-state index in [0.29, 0.717) is 0 Å². The Balaban J connectivity index is 2.50. The van der Waals surface area contributed by atoms with Gasteiger partial charge >= 0.3 is 17.9 Å². The van der Waals surface area contributed by atoms with Gasteiger partial charge in [0.05, 0.1) is 0 Å². The maximum Gasteiger partial charge on any atom is 0.303 e. The molecule has 0 unspecified atom stereocenters. The van der Waals surface area contributed by atoms with E-state index in [1.165, 1.54) is 37.5 Å². The summed E-state index contributed by atoms with van der Waals surface area (Å²) in [6.07, 6.45) is -3.74. The molecule has 2 rings (SSSR count). The predicted molar refractivity (Wildman–Crippen MR) is 93.1 cm³/mol. The van der Waals surface area contributed by atoms with Gasteiger partial charge in [-0.25, -0.2) is 0 Å². The van der Waals surface area contributed by atoms with Crippen LogP contribution in [0.5, 0.6) is 0 Å². The second-order valence-corrected chi connectivity index (χ2v) is 6.65. The molecule has 2 fully saturated rings. The number of thiocarbonyl (C=S) groups is 1. The lowest BCUT2D eigenvalue weighted by molar-refractivity contribution is -0.259. The van der Waals surface area contributed by atoms with E-state index in [2.05, 4.69) is 0 Å². The second-order valence-electron chi connectivity index (χ2n) is 6.29. The molecule has 2 bridgehead atoms. The number of fused-ring (bicyclic) bond motifs is 2. The van der Waals surface area contributed by atoms with Gasteiger partial charge in [0.1, 0.15) is 18.8 Å². The van der Waals surface area contributed by atoms with E-state index in [4.69, 9.17) is 31.2 Å². The summed E-state index contributed by atoms with van der Waals surface area (Å²) in [5.74, 6) is -2.19. The topological polar surface area (TPSA) is 112 Å². The van der Waals surface area contributed by atoms with Crippen molar-refractivity contribution in [3.05, 3.63) is 0 Å². The summed E-state index contributed by atoms with van der Waals surface area (Å²) in [5, 5.41) is 0.143. The Morgan fingerprint density at radius 3 is 2.04 bits per heavy atom. The van der Waals surface area contributed by atoms with Gasteiger partial charge in [-0.3, -0.25) is 24.1 Å². The first-order valence-electron chi connectivity index (χ1n) is 8.24. The standard InChI is InChI=1S/C16H22N2O8S/c1-7(19)18-12-13(24-9(3)21)11(6-23-8(2)20)26-15(17(5)16(18)27)14(12)25-10(4)22/h11-15H,6H2,1-5H3/t11-,12+,13-,14-,15-/m1/s1. The van der Waals surface area contributed by atoms with Gasteiger partial charge in [-0.1, -0.05) is 0 Å². The number of rotatable bonds is 4. The maximum absolute atomic E-state index is 12.3. The number of hydrogen-bond acceptors (Lipinski definition) is 9. The highest BCUT2D eigenvalue weighted by Crippen LogP contribution is 2.36. The van der Waals surface area contributed by atoms with Crippen LogP contribution in [0.3, 0.4) is 0 Å². The van der Waals surface area contributed by atoms with Crippen molar-refractivity contribution >= 4 is 41.1 Å². The summed E-state index contributed by atoms with van der Waals surface area (Å²) in [7, 11) is 1.59. The smallest absolute Gasteiger partial charge is 0.303 e. The van der Waals surface area contributed by atoms with Crippen molar-refractivity contribution in [3.63, 3.8) is 0 Å². The normalized spacial score (nSPS) is 29.8. The van der Waals surface area contributed by atoms with E-state index in [9.17, 15) is 19.2 Å². The van der Waals surface area contributed by atoms with Crippen molar-refractivity contribution in [1.29, 1.82) is 0 Å². The summed E-state index contributed by atoms with van der Waals surface area (Å²) in [5.41, 5.74) is 0. The predicted octanol–water partition coefficient (Wildman–Crippen LogP) is -0.415. The van der Waals surface area contributed by atoms with Gasteiger partial charge in [-0.15, -0.1) is 0 Å². The third-order valence-corrected chi connectivity index (χ3v) is 4.70. The molecule has 2 heterocycles.